The van der Waals surface area contributed by atoms with Crippen molar-refractivity contribution in [1.29, 1.82) is 0 Å². The van der Waals surface area contributed by atoms with Crippen LogP contribution in [0.3, 0.4) is 0 Å². The molecule has 3 atom stereocenters. The summed E-state index contributed by atoms with van der Waals surface area (Å²) < 4.78 is 113. The van der Waals surface area contributed by atoms with Gasteiger partial charge in [0.2, 0.25) is 16.2 Å². The molecule has 0 bridgehead atoms. The van der Waals surface area contributed by atoms with Gasteiger partial charge in [0, 0.05) is 6.61 Å². The normalized spacial score (nSPS) is 27.8. The Bertz CT molecular complexity index is 1000. The van der Waals surface area contributed by atoms with E-state index in [0.717, 1.165) is 6.08 Å². The molecule has 1 fully saturated rings. The molecule has 166 valence electrons. The molecule has 1 aliphatic heterocycles. The van der Waals surface area contributed by atoms with Gasteiger partial charge in [-0.3, -0.25) is 0 Å². The molecule has 1 aromatic rings. The van der Waals surface area contributed by atoms with Gasteiger partial charge in [-0.05, 0) is 36.3 Å². The Morgan fingerprint density at radius 2 is 1.90 bits per heavy atom. The molecule has 0 spiro atoms. The Labute approximate surface area is 168 Å². The number of allylic oxidation sites excluding steroid dienone is 4. The summed E-state index contributed by atoms with van der Waals surface area (Å²) >= 11 is 0. The van der Waals surface area contributed by atoms with Crippen molar-refractivity contribution in [3.63, 3.8) is 0 Å². The summed E-state index contributed by atoms with van der Waals surface area (Å²) in [5.74, 6) is -4.43. The molecule has 0 amide bonds. The van der Waals surface area contributed by atoms with Gasteiger partial charge in [-0.25, -0.2) is 0 Å². The number of alkyl halides is 6. The summed E-state index contributed by atoms with van der Waals surface area (Å²) in [7, 11) is -3.10. The molecule has 2 aliphatic rings. The van der Waals surface area contributed by atoms with Crippen LogP contribution < -0.4 is 0 Å². The van der Waals surface area contributed by atoms with Crippen LogP contribution in [0.4, 0.5) is 26.3 Å². The standard InChI is InChI=1S/C17H16F6N2O4S/c1-2-15(9-4-3-5-11(30(26)27)12(9)16(18,19)20)6-7-28-10(8-15)13-24-25-14(29-13)17(21,22)23/h3-5,10,12H,2,6-8H2,1H3. The first-order valence-corrected chi connectivity index (χ1v) is 9.90. The monoisotopic (exact) mass is 458 g/mol. The highest BCUT2D eigenvalue weighted by atomic mass is 32.2. The number of hydrogen-bond acceptors (Lipinski definition) is 6. The van der Waals surface area contributed by atoms with Crippen molar-refractivity contribution in [3.8, 4) is 0 Å². The second-order valence-electron chi connectivity index (χ2n) is 6.98. The number of halogens is 6. The largest absolute Gasteiger partial charge is 0.470 e. The maximum absolute atomic E-state index is 13.9. The Kier molecular flexibility index (Phi) is 5.89. The van der Waals surface area contributed by atoms with Gasteiger partial charge in [-0.15, -0.1) is 10.2 Å². The summed E-state index contributed by atoms with van der Waals surface area (Å²) in [6.07, 6.45) is -7.48. The van der Waals surface area contributed by atoms with E-state index in [1.54, 1.807) is 6.92 Å². The van der Waals surface area contributed by atoms with Crippen molar-refractivity contribution in [2.24, 2.45) is 11.3 Å². The van der Waals surface area contributed by atoms with E-state index in [9.17, 15) is 34.8 Å². The van der Waals surface area contributed by atoms with Crippen molar-refractivity contribution in [2.75, 3.05) is 6.61 Å². The minimum Gasteiger partial charge on any atom is -0.415 e. The van der Waals surface area contributed by atoms with E-state index >= 15 is 0 Å². The van der Waals surface area contributed by atoms with Gasteiger partial charge in [-0.1, -0.05) is 19.1 Å². The zero-order valence-corrected chi connectivity index (χ0v) is 16.2. The van der Waals surface area contributed by atoms with Gasteiger partial charge in [-0.2, -0.15) is 34.8 Å². The first-order chi connectivity index (χ1) is 13.9. The molecule has 30 heavy (non-hydrogen) atoms. The molecule has 3 rings (SSSR count). The summed E-state index contributed by atoms with van der Waals surface area (Å²) in [5, 5.41) is 6.27. The van der Waals surface area contributed by atoms with Crippen LogP contribution in [0.2, 0.25) is 0 Å². The zero-order chi connectivity index (χ0) is 22.3. The van der Waals surface area contributed by atoms with Crippen LogP contribution in [0.25, 0.3) is 0 Å². The van der Waals surface area contributed by atoms with Gasteiger partial charge in [0.05, 0.1) is 4.86 Å². The van der Waals surface area contributed by atoms with E-state index in [1.807, 2.05) is 0 Å². The summed E-state index contributed by atoms with van der Waals surface area (Å²) in [6.45, 7) is 1.54. The van der Waals surface area contributed by atoms with Crippen molar-refractivity contribution >= 4 is 15.2 Å². The van der Waals surface area contributed by atoms with E-state index in [2.05, 4.69) is 14.6 Å². The topological polar surface area (TPSA) is 82.3 Å². The van der Waals surface area contributed by atoms with Gasteiger partial charge < -0.3 is 9.15 Å². The molecule has 13 heteroatoms. The highest BCUT2D eigenvalue weighted by Crippen LogP contribution is 2.53. The third-order valence-electron chi connectivity index (χ3n) is 5.38. The molecule has 6 nitrogen and oxygen atoms in total. The Morgan fingerprint density at radius 1 is 1.20 bits per heavy atom. The molecule has 0 N–H and O–H groups in total. The number of aromatic nitrogens is 2. The van der Waals surface area contributed by atoms with E-state index in [0.29, 0.717) is 0 Å². The maximum atomic E-state index is 13.9. The van der Waals surface area contributed by atoms with Crippen molar-refractivity contribution in [1.82, 2.24) is 10.2 Å². The summed E-state index contributed by atoms with van der Waals surface area (Å²) in [5.41, 5.74) is -1.37. The van der Waals surface area contributed by atoms with Gasteiger partial charge in [0.15, 0.2) is 0 Å². The number of nitrogens with zero attached hydrogens (tertiary/aromatic N) is 2. The summed E-state index contributed by atoms with van der Waals surface area (Å²) in [6, 6.07) is 0. The smallest absolute Gasteiger partial charge is 0.415 e. The predicted molar refractivity (Wildman–Crippen MR) is 90.6 cm³/mol. The molecule has 2 heterocycles. The van der Waals surface area contributed by atoms with Gasteiger partial charge in [0.1, 0.15) is 12.0 Å². The van der Waals surface area contributed by atoms with Crippen molar-refractivity contribution < 1.29 is 43.9 Å². The fourth-order valence-electron chi connectivity index (χ4n) is 3.90. The second-order valence-corrected chi connectivity index (χ2v) is 7.92. The fourth-order valence-corrected chi connectivity index (χ4v) is 4.55. The first-order valence-electron chi connectivity index (χ1n) is 8.83. The van der Waals surface area contributed by atoms with Crippen LogP contribution in [0, 0.1) is 11.3 Å². The molecule has 3 unspecified atom stereocenters. The molecular weight excluding hydrogens is 442 g/mol. The van der Waals surface area contributed by atoms with Crippen LogP contribution in [0.5, 0.6) is 0 Å². The highest BCUT2D eigenvalue weighted by Gasteiger charge is 2.53. The Morgan fingerprint density at radius 3 is 2.43 bits per heavy atom. The lowest BCUT2D eigenvalue weighted by atomic mass is 9.64. The maximum Gasteiger partial charge on any atom is 0.470 e. The Balaban J connectivity index is 2.02. The molecule has 1 aliphatic carbocycles. The highest BCUT2D eigenvalue weighted by molar-refractivity contribution is 7.73. The molecule has 0 radical (unpaired) electrons. The number of ether oxygens (including phenoxy) is 1. The molecule has 0 saturated carbocycles. The SMILES string of the molecule is CCC1(C2=CC=CC(=S(=O)=O)C2C(F)(F)F)CCOC(c2nnc(C(F)(F)F)o2)C1. The fraction of sp³-hybridized carbons (Fsp3) is 0.588. The van der Waals surface area contributed by atoms with E-state index < -0.39 is 56.7 Å². The van der Waals surface area contributed by atoms with E-state index in [4.69, 9.17) is 4.74 Å². The third-order valence-corrected chi connectivity index (χ3v) is 6.13. The lowest BCUT2D eigenvalue weighted by molar-refractivity contribution is -0.160. The molecule has 1 aromatic heterocycles. The van der Waals surface area contributed by atoms with Crippen LogP contribution >= 0.6 is 0 Å². The average molecular weight is 458 g/mol. The summed E-state index contributed by atoms with van der Waals surface area (Å²) in [4.78, 5) is -0.812. The predicted octanol–water partition coefficient (Wildman–Crippen LogP) is 4.06. The lowest BCUT2D eigenvalue weighted by Crippen LogP contribution is -2.43. The van der Waals surface area contributed by atoms with Crippen molar-refractivity contribution in [3.05, 3.63) is 35.6 Å². The average Bonchev–Trinajstić information content (AvgIpc) is 3.17. The molecule has 1 saturated heterocycles. The van der Waals surface area contributed by atoms with Crippen LogP contribution in [-0.4, -0.2) is 36.3 Å². The first kappa shape index (κ1) is 22.5. The van der Waals surface area contributed by atoms with Crippen LogP contribution in [0.15, 0.2) is 28.2 Å². The second kappa shape index (κ2) is 7.84. The van der Waals surface area contributed by atoms with E-state index in [1.165, 1.54) is 12.2 Å². The third kappa shape index (κ3) is 4.17. The minimum absolute atomic E-state index is 0.0797. The van der Waals surface area contributed by atoms with E-state index in [-0.39, 0.29) is 31.4 Å². The van der Waals surface area contributed by atoms with Crippen LogP contribution in [-0.2, 0) is 21.2 Å². The zero-order valence-electron chi connectivity index (χ0n) is 15.4. The quantitative estimate of drug-likeness (QED) is 0.502. The van der Waals surface area contributed by atoms with Crippen molar-refractivity contribution in [2.45, 2.75) is 44.6 Å². The minimum atomic E-state index is -4.88. The molecule has 0 aromatic carbocycles. The molecular formula is C17H16F6N2O4S. The number of rotatable bonds is 3. The van der Waals surface area contributed by atoms with Gasteiger partial charge >= 0.3 is 18.2 Å². The van der Waals surface area contributed by atoms with Gasteiger partial charge in [0.25, 0.3) is 0 Å². The van der Waals surface area contributed by atoms with Crippen LogP contribution in [0.1, 0.15) is 44.1 Å². The Hall–Kier alpha value is -2.15. The number of hydrogen-bond donors (Lipinski definition) is 0. The lowest BCUT2D eigenvalue weighted by Gasteiger charge is -2.44.